The average Bonchev–Trinajstić information content (AvgIpc) is 3.98. The molecule has 0 saturated carbocycles. The van der Waals surface area contributed by atoms with Gasteiger partial charge in [0.05, 0.1) is 22.0 Å². The van der Waals surface area contributed by atoms with E-state index in [-0.39, 0.29) is 5.41 Å². The Morgan fingerprint density at radius 3 is 1.63 bits per heavy atom. The van der Waals surface area contributed by atoms with Gasteiger partial charge < -0.3 is 9.13 Å². The summed E-state index contributed by atoms with van der Waals surface area (Å²) >= 11 is 0. The van der Waals surface area contributed by atoms with Gasteiger partial charge >= 0.3 is 0 Å². The number of rotatable bonds is 6. The Morgan fingerprint density at radius 2 is 0.937 bits per heavy atom. The van der Waals surface area contributed by atoms with E-state index in [2.05, 4.69) is 215 Å². The summed E-state index contributed by atoms with van der Waals surface area (Å²) in [7, 11) is 0. The predicted molar refractivity (Wildman–Crippen MR) is 264 cm³/mol. The van der Waals surface area contributed by atoms with E-state index in [9.17, 15) is 0 Å². The maximum absolute atomic E-state index is 2.65. The second-order valence-corrected chi connectivity index (χ2v) is 17.7. The van der Waals surface area contributed by atoms with Crippen molar-refractivity contribution < 1.29 is 0 Å². The van der Waals surface area contributed by atoms with Gasteiger partial charge in [0, 0.05) is 38.8 Å². The van der Waals surface area contributed by atoms with Crippen LogP contribution in [0.5, 0.6) is 0 Å². The van der Waals surface area contributed by atoms with E-state index in [4.69, 9.17) is 0 Å². The molecular weight excluding hydrogens is 761 g/mol. The van der Waals surface area contributed by atoms with Crippen LogP contribution in [0.25, 0.3) is 72.4 Å². The fraction of sp³-hybridized carbons (Fsp3) is 0.115. The van der Waals surface area contributed by atoms with Gasteiger partial charge in [-0.1, -0.05) is 157 Å². The number of nitrogens with zero attached hydrogens (tertiary/aromatic N) is 2. The molecule has 9 aromatic rings. The molecule has 2 heterocycles. The van der Waals surface area contributed by atoms with Crippen LogP contribution in [0.2, 0.25) is 0 Å². The van der Waals surface area contributed by atoms with Gasteiger partial charge in [0.2, 0.25) is 0 Å². The van der Waals surface area contributed by atoms with Crippen molar-refractivity contribution in [3.05, 3.63) is 245 Å². The number of allylic oxidation sites excluding steroid dienone is 9. The molecule has 0 unspecified atom stereocenters. The summed E-state index contributed by atoms with van der Waals surface area (Å²) < 4.78 is 4.97. The Labute approximate surface area is 368 Å². The minimum atomic E-state index is -0.236. The summed E-state index contributed by atoms with van der Waals surface area (Å²) in [5.74, 6) is 0. The summed E-state index contributed by atoms with van der Waals surface area (Å²) in [5, 5.41) is 3.86. The standard InChI is InChI=1S/C61H46N2/c1-4-16-41(17-5-1)42-28-33-48(34-29-42)63-59-36-31-44(43-30-35-58-52(38-43)51-24-12-15-27-57(51)62(58)47-20-8-3-9-21-47)39-53(59)54-40-46(32-37-60(54)63)61(45-18-6-2-7-19-45)55-25-13-10-22-49(55)50-23-11-14-26-56(50)61/h1-12,15-24,27-31,33-36,38-40H,13-14,25-26,32,37H2. The van der Waals surface area contributed by atoms with Crippen molar-refractivity contribution in [3.63, 3.8) is 0 Å². The van der Waals surface area contributed by atoms with Crippen LogP contribution < -0.4 is 0 Å². The molecule has 0 spiro atoms. The van der Waals surface area contributed by atoms with E-state index < -0.39 is 0 Å². The molecule has 0 aliphatic heterocycles. The molecular formula is C61H46N2. The number of aromatic nitrogens is 2. The molecule has 2 aromatic heterocycles. The minimum absolute atomic E-state index is 0.236. The summed E-state index contributed by atoms with van der Waals surface area (Å²) in [6, 6.07) is 65.4. The number of hydrogen-bond donors (Lipinski definition) is 0. The molecule has 0 bridgehead atoms. The van der Waals surface area contributed by atoms with Gasteiger partial charge in [-0.15, -0.1) is 0 Å². The Hall–Kier alpha value is -7.42. The first-order valence-corrected chi connectivity index (χ1v) is 22.8. The maximum Gasteiger partial charge on any atom is 0.0602 e. The molecule has 300 valence electrons. The number of para-hydroxylation sites is 2. The predicted octanol–water partition coefficient (Wildman–Crippen LogP) is 15.6. The highest BCUT2D eigenvalue weighted by atomic mass is 15.0. The largest absolute Gasteiger partial charge is 0.313 e. The monoisotopic (exact) mass is 806 g/mol. The summed E-state index contributed by atoms with van der Waals surface area (Å²) in [5.41, 5.74) is 22.7. The molecule has 2 heteroatoms. The third-order valence-corrected chi connectivity index (χ3v) is 14.5. The molecule has 0 atom stereocenters. The highest BCUT2D eigenvalue weighted by Crippen LogP contribution is 2.60. The first-order valence-electron chi connectivity index (χ1n) is 22.8. The smallest absolute Gasteiger partial charge is 0.0602 e. The molecule has 7 aromatic carbocycles. The number of fused-ring (bicyclic) bond motifs is 7. The van der Waals surface area contributed by atoms with E-state index >= 15 is 0 Å². The first kappa shape index (κ1) is 36.3. The second kappa shape index (κ2) is 14.3. The third kappa shape index (κ3) is 5.44. The zero-order valence-electron chi connectivity index (χ0n) is 35.3. The maximum atomic E-state index is 2.65. The van der Waals surface area contributed by atoms with Gasteiger partial charge in [-0.2, -0.15) is 0 Å². The topological polar surface area (TPSA) is 9.86 Å². The van der Waals surface area contributed by atoms with E-state index in [0.717, 1.165) is 38.5 Å². The van der Waals surface area contributed by atoms with Gasteiger partial charge in [-0.3, -0.25) is 0 Å². The summed E-state index contributed by atoms with van der Waals surface area (Å²) in [6.07, 6.45) is 18.7. The van der Waals surface area contributed by atoms with E-state index in [0.29, 0.717) is 0 Å². The van der Waals surface area contributed by atoms with Crippen molar-refractivity contribution >= 4 is 38.8 Å². The van der Waals surface area contributed by atoms with E-state index in [1.165, 1.54) is 94.3 Å². The lowest BCUT2D eigenvalue weighted by Crippen LogP contribution is -2.34. The summed E-state index contributed by atoms with van der Waals surface area (Å²) in [6.45, 7) is 0. The van der Waals surface area contributed by atoms with Gasteiger partial charge in [0.15, 0.2) is 0 Å². The van der Waals surface area contributed by atoms with E-state index in [1.807, 2.05) is 0 Å². The number of benzene rings is 7. The zero-order chi connectivity index (χ0) is 41.5. The summed E-state index contributed by atoms with van der Waals surface area (Å²) in [4.78, 5) is 0. The Morgan fingerprint density at radius 1 is 0.397 bits per heavy atom. The lowest BCUT2D eigenvalue weighted by molar-refractivity contribution is 0.601. The lowest BCUT2D eigenvalue weighted by atomic mass is 9.61. The Balaban J connectivity index is 1.04. The van der Waals surface area contributed by atoms with Gasteiger partial charge in [0.1, 0.15) is 0 Å². The fourth-order valence-corrected chi connectivity index (χ4v) is 11.9. The molecule has 13 rings (SSSR count). The zero-order valence-corrected chi connectivity index (χ0v) is 35.3. The highest BCUT2D eigenvalue weighted by molar-refractivity contribution is 6.10. The quantitative estimate of drug-likeness (QED) is 0.158. The van der Waals surface area contributed by atoms with Crippen LogP contribution in [0.3, 0.4) is 0 Å². The molecule has 2 nitrogen and oxygen atoms in total. The van der Waals surface area contributed by atoms with Crippen LogP contribution >= 0.6 is 0 Å². The first-order chi connectivity index (χ1) is 31.3. The van der Waals surface area contributed by atoms with Crippen LogP contribution in [0.1, 0.15) is 48.9 Å². The Bertz CT molecular complexity index is 3420. The van der Waals surface area contributed by atoms with Gasteiger partial charge in [0.25, 0.3) is 0 Å². The van der Waals surface area contributed by atoms with Crippen LogP contribution in [0, 0.1) is 0 Å². The van der Waals surface area contributed by atoms with Crippen LogP contribution in [-0.2, 0) is 11.8 Å². The SMILES string of the molecule is C1=CC2=C(CC1)C(C1=Cc3c(n(-c4ccc(-c5ccccc5)cc4)c4ccc(-c5ccc6c(c5)c5ccccc5n6-c5ccccc5)cc34)CC1)(c1ccccc1)C1=C2C=CCC1. The average molecular weight is 807 g/mol. The van der Waals surface area contributed by atoms with E-state index in [1.54, 1.807) is 16.7 Å². The fourth-order valence-electron chi connectivity index (χ4n) is 11.9. The molecule has 0 fully saturated rings. The lowest BCUT2D eigenvalue weighted by Gasteiger charge is -2.41. The normalized spacial score (nSPS) is 16.5. The van der Waals surface area contributed by atoms with Crippen molar-refractivity contribution in [2.75, 3.05) is 0 Å². The minimum Gasteiger partial charge on any atom is -0.313 e. The van der Waals surface area contributed by atoms with Gasteiger partial charge in [-0.05, 0) is 143 Å². The molecule has 0 N–H and O–H groups in total. The van der Waals surface area contributed by atoms with Crippen molar-refractivity contribution in [1.29, 1.82) is 0 Å². The van der Waals surface area contributed by atoms with Gasteiger partial charge in [-0.25, -0.2) is 0 Å². The van der Waals surface area contributed by atoms with Crippen molar-refractivity contribution in [1.82, 2.24) is 9.13 Å². The van der Waals surface area contributed by atoms with Crippen molar-refractivity contribution in [3.8, 4) is 33.6 Å². The molecule has 0 radical (unpaired) electrons. The highest BCUT2D eigenvalue weighted by Gasteiger charge is 2.50. The number of hydrogen-bond acceptors (Lipinski definition) is 0. The van der Waals surface area contributed by atoms with Crippen molar-refractivity contribution in [2.45, 2.75) is 43.9 Å². The molecule has 4 aliphatic rings. The second-order valence-electron chi connectivity index (χ2n) is 17.7. The Kier molecular flexibility index (Phi) is 8.24. The molecule has 0 amide bonds. The molecule has 0 saturated heterocycles. The third-order valence-electron chi connectivity index (χ3n) is 14.5. The van der Waals surface area contributed by atoms with Crippen LogP contribution in [0.4, 0.5) is 0 Å². The van der Waals surface area contributed by atoms with Crippen molar-refractivity contribution in [2.24, 2.45) is 0 Å². The molecule has 4 aliphatic carbocycles. The molecule has 63 heavy (non-hydrogen) atoms. The van der Waals surface area contributed by atoms with Crippen LogP contribution in [-0.4, -0.2) is 9.13 Å². The van der Waals surface area contributed by atoms with Crippen LogP contribution in [0.15, 0.2) is 228 Å².